The van der Waals surface area contributed by atoms with Crippen LogP contribution in [-0.2, 0) is 20.9 Å². The first-order chi connectivity index (χ1) is 14.0. The Bertz CT molecular complexity index is 1200. The topological polar surface area (TPSA) is 122 Å². The van der Waals surface area contributed by atoms with E-state index < -0.39 is 23.8 Å². The number of urea groups is 1. The lowest BCUT2D eigenvalue weighted by molar-refractivity contribution is -0.137. The molecule has 4 rings (SSSR count). The number of carboxylic acid groups (broad SMARTS) is 1. The van der Waals surface area contributed by atoms with Crippen LogP contribution in [0.4, 0.5) is 10.5 Å². The first-order valence-corrected chi connectivity index (χ1v) is 8.57. The zero-order valence-electron chi connectivity index (χ0n) is 14.9. The predicted octanol–water partition coefficient (Wildman–Crippen LogP) is 1.79. The van der Waals surface area contributed by atoms with Crippen LogP contribution >= 0.6 is 0 Å². The molecule has 144 valence electrons. The number of amides is 4. The molecule has 2 N–H and O–H groups in total. The SMILES string of the molecule is O=C(O)Cn1cc(/C=C2\C(=O)NC(=O)N(c3cccnc3)C2=O)c2ccccc21. The van der Waals surface area contributed by atoms with Crippen LogP contribution in [-0.4, -0.2) is 38.5 Å². The summed E-state index contributed by atoms with van der Waals surface area (Å²) < 4.78 is 1.51. The standard InChI is InChI=1S/C20H14N4O5/c25-17(26)11-23-10-12(14-5-1-2-6-16(14)23)8-15-18(27)22-20(29)24(19(15)28)13-4-3-7-21-9-13/h1-10H,11H2,(H,25,26)(H,22,27,29)/b15-8+. The number of nitrogens with one attached hydrogen (secondary N) is 1. The van der Waals surface area contributed by atoms with E-state index in [1.54, 1.807) is 36.5 Å². The van der Waals surface area contributed by atoms with E-state index in [9.17, 15) is 19.2 Å². The van der Waals surface area contributed by atoms with Gasteiger partial charge in [0.1, 0.15) is 12.1 Å². The molecule has 3 aromatic rings. The van der Waals surface area contributed by atoms with Gasteiger partial charge in [-0.1, -0.05) is 18.2 Å². The van der Waals surface area contributed by atoms with Gasteiger partial charge in [-0.2, -0.15) is 0 Å². The molecule has 9 heteroatoms. The number of aliphatic carboxylic acids is 1. The molecule has 1 aliphatic heterocycles. The first-order valence-electron chi connectivity index (χ1n) is 8.57. The summed E-state index contributed by atoms with van der Waals surface area (Å²) in [5, 5.41) is 11.9. The summed E-state index contributed by atoms with van der Waals surface area (Å²) in [5.74, 6) is -2.64. The summed E-state index contributed by atoms with van der Waals surface area (Å²) in [6, 6.07) is 9.26. The zero-order valence-corrected chi connectivity index (χ0v) is 14.9. The van der Waals surface area contributed by atoms with Crippen molar-refractivity contribution in [3.63, 3.8) is 0 Å². The normalized spacial score (nSPS) is 15.8. The van der Waals surface area contributed by atoms with Crippen LogP contribution < -0.4 is 10.2 Å². The van der Waals surface area contributed by atoms with Gasteiger partial charge in [0.25, 0.3) is 11.8 Å². The maximum absolute atomic E-state index is 12.9. The van der Waals surface area contributed by atoms with Gasteiger partial charge in [0.15, 0.2) is 0 Å². The molecule has 9 nitrogen and oxygen atoms in total. The lowest BCUT2D eigenvalue weighted by atomic mass is 10.1. The molecule has 1 saturated heterocycles. The fraction of sp³-hybridized carbons (Fsp3) is 0.0500. The highest BCUT2D eigenvalue weighted by Gasteiger charge is 2.37. The monoisotopic (exact) mass is 390 g/mol. The van der Waals surface area contributed by atoms with E-state index in [1.807, 2.05) is 0 Å². The fourth-order valence-electron chi connectivity index (χ4n) is 3.20. The number of rotatable bonds is 4. The van der Waals surface area contributed by atoms with E-state index in [2.05, 4.69) is 10.3 Å². The Morgan fingerprint density at radius 1 is 1.14 bits per heavy atom. The quantitative estimate of drug-likeness (QED) is 0.517. The molecule has 0 bridgehead atoms. The number of nitrogens with zero attached hydrogens (tertiary/aromatic N) is 3. The second-order valence-corrected chi connectivity index (χ2v) is 6.29. The largest absolute Gasteiger partial charge is 0.480 e. The van der Waals surface area contributed by atoms with Gasteiger partial charge in [-0.3, -0.25) is 24.7 Å². The number of carbonyl (C=O) groups is 4. The van der Waals surface area contributed by atoms with Crippen molar-refractivity contribution < 1.29 is 24.3 Å². The minimum atomic E-state index is -1.02. The fourth-order valence-corrected chi connectivity index (χ4v) is 3.20. The van der Waals surface area contributed by atoms with E-state index in [4.69, 9.17) is 5.11 Å². The van der Waals surface area contributed by atoms with Crippen LogP contribution in [0, 0.1) is 0 Å². The lowest BCUT2D eigenvalue weighted by Gasteiger charge is -2.25. The number of aromatic nitrogens is 2. The van der Waals surface area contributed by atoms with Gasteiger partial charge < -0.3 is 9.67 Å². The van der Waals surface area contributed by atoms with Crippen molar-refractivity contribution in [3.8, 4) is 0 Å². The average Bonchev–Trinajstić information content (AvgIpc) is 3.03. The van der Waals surface area contributed by atoms with E-state index >= 15 is 0 Å². The summed E-state index contributed by atoms with van der Waals surface area (Å²) in [6.45, 7) is -0.274. The third kappa shape index (κ3) is 3.25. The number of imide groups is 2. The maximum Gasteiger partial charge on any atom is 0.336 e. The second kappa shape index (κ2) is 7.04. The van der Waals surface area contributed by atoms with Crippen molar-refractivity contribution in [1.29, 1.82) is 0 Å². The molecule has 0 unspecified atom stereocenters. The Hall–Kier alpha value is -4.27. The number of para-hydroxylation sites is 1. The van der Waals surface area contributed by atoms with Crippen molar-refractivity contribution in [2.24, 2.45) is 0 Å². The summed E-state index contributed by atoms with van der Waals surface area (Å²) in [4.78, 5) is 53.3. The molecule has 0 saturated carbocycles. The molecular formula is C20H14N4O5. The summed E-state index contributed by atoms with van der Waals surface area (Å²) >= 11 is 0. The molecule has 29 heavy (non-hydrogen) atoms. The molecule has 0 spiro atoms. The van der Waals surface area contributed by atoms with Crippen LogP contribution in [0.2, 0.25) is 0 Å². The number of carboxylic acids is 1. The predicted molar refractivity (Wildman–Crippen MR) is 103 cm³/mol. The highest BCUT2D eigenvalue weighted by atomic mass is 16.4. The van der Waals surface area contributed by atoms with Crippen molar-refractivity contribution in [3.05, 3.63) is 66.1 Å². The van der Waals surface area contributed by atoms with E-state index in [-0.39, 0.29) is 17.8 Å². The molecule has 0 atom stereocenters. The zero-order chi connectivity index (χ0) is 20.5. The van der Waals surface area contributed by atoms with Crippen molar-refractivity contribution >= 4 is 46.5 Å². The van der Waals surface area contributed by atoms with Crippen LogP contribution in [0.25, 0.3) is 17.0 Å². The molecule has 1 aliphatic rings. The molecule has 4 amide bonds. The van der Waals surface area contributed by atoms with Gasteiger partial charge in [0, 0.05) is 28.9 Å². The van der Waals surface area contributed by atoms with Crippen molar-refractivity contribution in [1.82, 2.24) is 14.9 Å². The number of hydrogen-bond acceptors (Lipinski definition) is 5. The summed E-state index contributed by atoms with van der Waals surface area (Å²) in [6.07, 6.45) is 5.74. The van der Waals surface area contributed by atoms with Gasteiger partial charge >= 0.3 is 12.0 Å². The Morgan fingerprint density at radius 3 is 2.66 bits per heavy atom. The summed E-state index contributed by atoms with van der Waals surface area (Å²) in [7, 11) is 0. The van der Waals surface area contributed by atoms with Gasteiger partial charge in [0.2, 0.25) is 0 Å². The first kappa shape index (κ1) is 18.1. The van der Waals surface area contributed by atoms with Crippen LogP contribution in [0.3, 0.4) is 0 Å². The van der Waals surface area contributed by atoms with Crippen LogP contribution in [0.1, 0.15) is 5.56 Å². The van der Waals surface area contributed by atoms with E-state index in [1.165, 1.54) is 29.1 Å². The van der Waals surface area contributed by atoms with Gasteiger partial charge in [-0.05, 0) is 24.3 Å². The molecule has 0 aliphatic carbocycles. The third-order valence-corrected chi connectivity index (χ3v) is 4.43. The number of fused-ring (bicyclic) bond motifs is 1. The Balaban J connectivity index is 1.81. The smallest absolute Gasteiger partial charge is 0.336 e. The lowest BCUT2D eigenvalue weighted by Crippen LogP contribution is -2.54. The van der Waals surface area contributed by atoms with Gasteiger partial charge in [-0.15, -0.1) is 0 Å². The highest BCUT2D eigenvalue weighted by molar-refractivity contribution is 6.39. The third-order valence-electron chi connectivity index (χ3n) is 4.43. The summed E-state index contributed by atoms with van der Waals surface area (Å²) in [5.41, 5.74) is 1.11. The van der Waals surface area contributed by atoms with E-state index in [0.717, 1.165) is 4.90 Å². The Labute approximate surface area is 163 Å². The molecule has 3 heterocycles. The molecule has 1 fully saturated rings. The van der Waals surface area contributed by atoms with Crippen molar-refractivity contribution in [2.45, 2.75) is 6.54 Å². The minimum Gasteiger partial charge on any atom is -0.480 e. The van der Waals surface area contributed by atoms with E-state index in [0.29, 0.717) is 16.5 Å². The van der Waals surface area contributed by atoms with Crippen molar-refractivity contribution in [2.75, 3.05) is 4.90 Å². The van der Waals surface area contributed by atoms with Crippen LogP contribution in [0.5, 0.6) is 0 Å². The molecular weight excluding hydrogens is 376 g/mol. The number of anilines is 1. The number of hydrogen-bond donors (Lipinski definition) is 2. The van der Waals surface area contributed by atoms with Gasteiger partial charge in [0.05, 0.1) is 11.9 Å². The Morgan fingerprint density at radius 2 is 1.93 bits per heavy atom. The average molecular weight is 390 g/mol. The minimum absolute atomic E-state index is 0.224. The second-order valence-electron chi connectivity index (χ2n) is 6.29. The number of carbonyl (C=O) groups excluding carboxylic acids is 3. The maximum atomic E-state index is 12.9. The molecule has 1 aromatic carbocycles. The molecule has 0 radical (unpaired) electrons. The number of pyridine rings is 1. The van der Waals surface area contributed by atoms with Crippen LogP contribution in [0.15, 0.2) is 60.6 Å². The number of barbiturate groups is 1. The number of benzene rings is 1. The Kier molecular flexibility index (Phi) is 4.40. The highest BCUT2D eigenvalue weighted by Crippen LogP contribution is 2.26. The molecule has 2 aromatic heterocycles. The van der Waals surface area contributed by atoms with Gasteiger partial charge in [-0.25, -0.2) is 9.69 Å².